The minimum Gasteiger partial charge on any atom is -0.283 e. The lowest BCUT2D eigenvalue weighted by molar-refractivity contribution is -0.184. The molecule has 0 bridgehead atoms. The predicted molar refractivity (Wildman–Crippen MR) is 99.5 cm³/mol. The van der Waals surface area contributed by atoms with Gasteiger partial charge in [-0.05, 0) is 24.5 Å². The van der Waals surface area contributed by atoms with E-state index in [9.17, 15) is 13.2 Å². The molecule has 1 nitrogen and oxygen atoms in total. The number of nitrogens with one attached hydrogen (secondary N) is 1. The zero-order valence-electron chi connectivity index (χ0n) is 15.1. The van der Waals surface area contributed by atoms with E-state index in [1.54, 1.807) is 25.1 Å². The van der Waals surface area contributed by atoms with Gasteiger partial charge in [-0.2, -0.15) is 13.2 Å². The number of unbranched alkanes of at least 4 members (excludes halogenated alkanes) is 2. The lowest BCUT2D eigenvalue weighted by Gasteiger charge is -2.35. The van der Waals surface area contributed by atoms with Crippen LogP contribution < -0.4 is 5.32 Å². The second kappa shape index (κ2) is 8.91. The zero-order valence-corrected chi connectivity index (χ0v) is 15.1. The van der Waals surface area contributed by atoms with Crippen molar-refractivity contribution in [1.82, 2.24) is 5.32 Å². The molecule has 0 aliphatic rings. The summed E-state index contributed by atoms with van der Waals surface area (Å²) in [5, 5.41) is 2.78. The predicted octanol–water partition coefficient (Wildman–Crippen LogP) is 5.99. The standard InChI is InChI=1S/C22H24F3N/c1-3-4-5-12-17-21(22(23,24)25,20-15-10-7-11-16-20)26-18(2)19-13-8-6-9-14-19/h6-11,13-16,18,26H,3-5H2,1-2H3. The molecular formula is C22H24F3N. The molecular weight excluding hydrogens is 335 g/mol. The van der Waals surface area contributed by atoms with E-state index in [4.69, 9.17) is 0 Å². The van der Waals surface area contributed by atoms with Gasteiger partial charge in [-0.3, -0.25) is 5.32 Å². The molecule has 2 atom stereocenters. The minimum atomic E-state index is -4.56. The van der Waals surface area contributed by atoms with Gasteiger partial charge in [-0.25, -0.2) is 0 Å². The molecule has 1 N–H and O–H groups in total. The van der Waals surface area contributed by atoms with Gasteiger partial charge in [-0.1, -0.05) is 79.9 Å². The summed E-state index contributed by atoms with van der Waals surface area (Å²) in [6.07, 6.45) is -2.43. The first-order valence-corrected chi connectivity index (χ1v) is 8.85. The quantitative estimate of drug-likeness (QED) is 0.493. The van der Waals surface area contributed by atoms with Crippen LogP contribution in [0.3, 0.4) is 0 Å². The monoisotopic (exact) mass is 359 g/mol. The molecule has 0 radical (unpaired) electrons. The maximum absolute atomic E-state index is 14.3. The van der Waals surface area contributed by atoms with Gasteiger partial charge < -0.3 is 0 Å². The highest BCUT2D eigenvalue weighted by Gasteiger charge is 2.55. The highest BCUT2D eigenvalue weighted by atomic mass is 19.4. The first-order valence-electron chi connectivity index (χ1n) is 8.85. The largest absolute Gasteiger partial charge is 0.422 e. The van der Waals surface area contributed by atoms with Crippen molar-refractivity contribution in [3.63, 3.8) is 0 Å². The summed E-state index contributed by atoms with van der Waals surface area (Å²) in [5.41, 5.74) is -1.51. The number of benzene rings is 2. The minimum absolute atomic E-state index is 0.110. The van der Waals surface area contributed by atoms with E-state index in [0.717, 1.165) is 18.4 Å². The molecule has 26 heavy (non-hydrogen) atoms. The first kappa shape index (κ1) is 20.1. The summed E-state index contributed by atoms with van der Waals surface area (Å²) in [7, 11) is 0. The number of hydrogen-bond acceptors (Lipinski definition) is 1. The van der Waals surface area contributed by atoms with E-state index >= 15 is 0 Å². The van der Waals surface area contributed by atoms with Crippen LogP contribution in [-0.4, -0.2) is 6.18 Å². The van der Waals surface area contributed by atoms with E-state index < -0.39 is 17.8 Å². The van der Waals surface area contributed by atoms with Crippen molar-refractivity contribution < 1.29 is 13.2 Å². The average Bonchev–Trinajstić information content (AvgIpc) is 2.64. The molecule has 2 aromatic carbocycles. The van der Waals surface area contributed by atoms with Crippen molar-refractivity contribution in [3.05, 3.63) is 71.8 Å². The van der Waals surface area contributed by atoms with Crippen molar-refractivity contribution in [3.8, 4) is 11.8 Å². The molecule has 0 heterocycles. The van der Waals surface area contributed by atoms with Crippen LogP contribution >= 0.6 is 0 Å². The first-order chi connectivity index (χ1) is 12.4. The van der Waals surface area contributed by atoms with Crippen LogP contribution in [0.15, 0.2) is 60.7 Å². The fraction of sp³-hybridized carbons (Fsp3) is 0.364. The summed E-state index contributed by atoms with van der Waals surface area (Å²) in [5.74, 6) is 5.30. The number of hydrogen-bond donors (Lipinski definition) is 1. The molecule has 0 spiro atoms. The van der Waals surface area contributed by atoms with Gasteiger partial charge in [0.1, 0.15) is 0 Å². The highest BCUT2D eigenvalue weighted by molar-refractivity contribution is 5.38. The third-order valence-electron chi connectivity index (χ3n) is 4.30. The van der Waals surface area contributed by atoms with Crippen molar-refractivity contribution in [2.75, 3.05) is 0 Å². The summed E-state index contributed by atoms with van der Waals surface area (Å²) < 4.78 is 42.8. The van der Waals surface area contributed by atoms with Crippen LogP contribution in [0.2, 0.25) is 0 Å². The Bertz CT molecular complexity index is 729. The molecule has 4 heteroatoms. The van der Waals surface area contributed by atoms with Gasteiger partial charge in [0.25, 0.3) is 0 Å². The second-order valence-corrected chi connectivity index (χ2v) is 6.30. The van der Waals surface area contributed by atoms with Gasteiger partial charge in [-0.15, -0.1) is 5.92 Å². The Morgan fingerprint density at radius 1 is 0.962 bits per heavy atom. The topological polar surface area (TPSA) is 12.0 Å². The second-order valence-electron chi connectivity index (χ2n) is 6.30. The molecule has 0 saturated heterocycles. The molecule has 0 aliphatic heterocycles. The van der Waals surface area contributed by atoms with Gasteiger partial charge in [0.05, 0.1) is 0 Å². The Labute approximate surface area is 153 Å². The fourth-order valence-electron chi connectivity index (χ4n) is 2.81. The average molecular weight is 359 g/mol. The van der Waals surface area contributed by atoms with Crippen LogP contribution in [0.25, 0.3) is 0 Å². The van der Waals surface area contributed by atoms with Gasteiger partial charge in [0.15, 0.2) is 0 Å². The molecule has 2 rings (SSSR count). The van der Waals surface area contributed by atoms with Crippen molar-refractivity contribution in [1.29, 1.82) is 0 Å². The van der Waals surface area contributed by atoms with Gasteiger partial charge in [0.2, 0.25) is 5.54 Å². The lowest BCUT2D eigenvalue weighted by Crippen LogP contribution is -2.53. The van der Waals surface area contributed by atoms with E-state index in [1.807, 2.05) is 37.3 Å². The summed E-state index contributed by atoms with van der Waals surface area (Å²) in [4.78, 5) is 0. The molecule has 0 saturated carbocycles. The molecule has 138 valence electrons. The zero-order chi connectivity index (χ0) is 19.0. The molecule has 2 aromatic rings. The number of halogens is 3. The Balaban J connectivity index is 2.49. The normalized spacial score (nSPS) is 14.8. The summed E-state index contributed by atoms with van der Waals surface area (Å²) in [6.45, 7) is 3.72. The SMILES string of the molecule is CCCCC#CC(NC(C)c1ccccc1)(c1ccccc1)C(F)(F)F. The van der Waals surface area contributed by atoms with E-state index in [1.165, 1.54) is 12.1 Å². The molecule has 0 aliphatic carbocycles. The fourth-order valence-corrected chi connectivity index (χ4v) is 2.81. The van der Waals surface area contributed by atoms with Crippen LogP contribution in [-0.2, 0) is 5.54 Å². The van der Waals surface area contributed by atoms with Crippen molar-refractivity contribution in [2.24, 2.45) is 0 Å². The third kappa shape index (κ3) is 4.68. The maximum atomic E-state index is 14.3. The molecule has 0 fully saturated rings. The van der Waals surface area contributed by atoms with Crippen LogP contribution in [0.1, 0.15) is 50.3 Å². The summed E-state index contributed by atoms with van der Waals surface area (Å²) >= 11 is 0. The Morgan fingerprint density at radius 2 is 1.54 bits per heavy atom. The van der Waals surface area contributed by atoms with Crippen LogP contribution in [0.5, 0.6) is 0 Å². The van der Waals surface area contributed by atoms with Crippen LogP contribution in [0.4, 0.5) is 13.2 Å². The lowest BCUT2D eigenvalue weighted by atomic mass is 9.87. The van der Waals surface area contributed by atoms with Gasteiger partial charge >= 0.3 is 6.18 Å². The number of alkyl halides is 3. The van der Waals surface area contributed by atoms with Gasteiger partial charge in [0, 0.05) is 12.5 Å². The highest BCUT2D eigenvalue weighted by Crippen LogP contribution is 2.40. The third-order valence-corrected chi connectivity index (χ3v) is 4.30. The molecule has 0 aromatic heterocycles. The van der Waals surface area contributed by atoms with E-state index in [2.05, 4.69) is 17.2 Å². The number of rotatable bonds is 6. The molecule has 0 amide bonds. The molecule has 2 unspecified atom stereocenters. The Kier molecular flexibility index (Phi) is 6.88. The maximum Gasteiger partial charge on any atom is 0.422 e. The van der Waals surface area contributed by atoms with Crippen molar-refractivity contribution >= 4 is 0 Å². The van der Waals surface area contributed by atoms with E-state index in [0.29, 0.717) is 6.42 Å². The van der Waals surface area contributed by atoms with Crippen LogP contribution in [0, 0.1) is 11.8 Å². The van der Waals surface area contributed by atoms with Crippen molar-refractivity contribution in [2.45, 2.75) is 50.9 Å². The Morgan fingerprint density at radius 3 is 2.08 bits per heavy atom. The smallest absolute Gasteiger partial charge is 0.283 e. The Hall–Kier alpha value is -2.25. The summed E-state index contributed by atoms with van der Waals surface area (Å²) in [6, 6.07) is 16.5. The van der Waals surface area contributed by atoms with E-state index in [-0.39, 0.29) is 5.56 Å².